The van der Waals surface area contributed by atoms with E-state index < -0.39 is 11.9 Å². The van der Waals surface area contributed by atoms with Gasteiger partial charge < -0.3 is 10.4 Å². The molecule has 0 fully saturated rings. The fraction of sp³-hybridized carbons (Fsp3) is 0.250. The molecular formula is C16H16ClN3O3. The average Bonchev–Trinajstić information content (AvgIpc) is 2.53. The molecule has 2 N–H and O–H groups in total. The molecule has 0 aliphatic heterocycles. The van der Waals surface area contributed by atoms with Gasteiger partial charge in [0.05, 0.1) is 12.4 Å². The number of aromatic carboxylic acids is 1. The van der Waals surface area contributed by atoms with Crippen molar-refractivity contribution < 1.29 is 14.7 Å². The summed E-state index contributed by atoms with van der Waals surface area (Å²) in [5, 5.41) is 12.2. The van der Waals surface area contributed by atoms with Crippen molar-refractivity contribution in [2.75, 3.05) is 6.54 Å². The minimum atomic E-state index is -1.19. The largest absolute Gasteiger partial charge is 0.476 e. The molecule has 0 saturated carbocycles. The van der Waals surface area contributed by atoms with Gasteiger partial charge in [-0.3, -0.25) is 4.79 Å². The molecule has 6 nitrogen and oxygen atoms in total. The Kier molecular flexibility index (Phi) is 4.95. The number of amides is 1. The lowest BCUT2D eigenvalue weighted by Crippen LogP contribution is -2.37. The number of hydrogen-bond acceptors (Lipinski definition) is 4. The van der Waals surface area contributed by atoms with Gasteiger partial charge in [0.25, 0.3) is 5.91 Å². The van der Waals surface area contributed by atoms with Crippen molar-refractivity contribution in [3.8, 4) is 0 Å². The van der Waals surface area contributed by atoms with Crippen LogP contribution in [-0.4, -0.2) is 33.5 Å². The number of nitrogens with one attached hydrogen (secondary N) is 1. The van der Waals surface area contributed by atoms with Crippen molar-refractivity contribution in [3.63, 3.8) is 0 Å². The number of aromatic nitrogens is 2. The second kappa shape index (κ2) is 6.75. The van der Waals surface area contributed by atoms with Gasteiger partial charge in [0.2, 0.25) is 0 Å². The highest BCUT2D eigenvalue weighted by atomic mass is 35.5. The fourth-order valence-corrected chi connectivity index (χ4v) is 2.44. The van der Waals surface area contributed by atoms with E-state index in [1.807, 2.05) is 32.0 Å². The van der Waals surface area contributed by atoms with E-state index >= 15 is 0 Å². The molecule has 7 heteroatoms. The van der Waals surface area contributed by atoms with Gasteiger partial charge >= 0.3 is 5.97 Å². The lowest BCUT2D eigenvalue weighted by molar-refractivity contribution is 0.0689. The van der Waals surface area contributed by atoms with Crippen LogP contribution >= 0.6 is 11.6 Å². The van der Waals surface area contributed by atoms with Crippen LogP contribution in [-0.2, 0) is 5.41 Å². The minimum Gasteiger partial charge on any atom is -0.476 e. The Morgan fingerprint density at radius 2 is 1.78 bits per heavy atom. The van der Waals surface area contributed by atoms with E-state index in [-0.39, 0.29) is 16.8 Å². The highest BCUT2D eigenvalue weighted by Crippen LogP contribution is 2.29. The van der Waals surface area contributed by atoms with Crippen molar-refractivity contribution in [2.45, 2.75) is 19.3 Å². The number of carbonyl (C=O) groups excluding carboxylic acids is 1. The summed E-state index contributed by atoms with van der Waals surface area (Å²) in [4.78, 5) is 30.3. The van der Waals surface area contributed by atoms with Crippen LogP contribution in [0.2, 0.25) is 5.02 Å². The number of benzene rings is 1. The number of halogens is 1. The topological polar surface area (TPSA) is 92.2 Å². The standard InChI is InChI=1S/C16H16ClN3O3/c1-16(2,10-5-3-4-6-11(10)17)9-20-14(21)12-7-19-13(8-18-12)15(22)23/h3-8H,9H2,1-2H3,(H,20,21)(H,22,23). The maximum atomic E-state index is 12.1. The van der Waals surface area contributed by atoms with Gasteiger partial charge in [0.15, 0.2) is 5.69 Å². The summed E-state index contributed by atoms with van der Waals surface area (Å²) in [6, 6.07) is 7.45. The van der Waals surface area contributed by atoms with E-state index in [1.165, 1.54) is 0 Å². The summed E-state index contributed by atoms with van der Waals surface area (Å²) >= 11 is 6.20. The number of nitrogens with zero attached hydrogens (tertiary/aromatic N) is 2. The quantitative estimate of drug-likeness (QED) is 0.877. The van der Waals surface area contributed by atoms with Crippen LogP contribution in [0.3, 0.4) is 0 Å². The van der Waals surface area contributed by atoms with Crippen LogP contribution in [0.5, 0.6) is 0 Å². The summed E-state index contributed by atoms with van der Waals surface area (Å²) in [7, 11) is 0. The molecule has 1 heterocycles. The first-order chi connectivity index (χ1) is 10.8. The van der Waals surface area contributed by atoms with Gasteiger partial charge in [-0.2, -0.15) is 0 Å². The third kappa shape index (κ3) is 4.04. The van der Waals surface area contributed by atoms with E-state index in [4.69, 9.17) is 16.7 Å². The fourth-order valence-electron chi connectivity index (χ4n) is 2.05. The van der Waals surface area contributed by atoms with E-state index in [0.29, 0.717) is 11.6 Å². The Hall–Kier alpha value is -2.47. The molecule has 0 atom stereocenters. The first kappa shape index (κ1) is 16.9. The molecule has 0 radical (unpaired) electrons. The molecule has 1 aromatic heterocycles. The predicted molar refractivity (Wildman–Crippen MR) is 85.8 cm³/mol. The van der Waals surface area contributed by atoms with Gasteiger partial charge in [-0.25, -0.2) is 14.8 Å². The Labute approximate surface area is 138 Å². The molecule has 0 unspecified atom stereocenters. The average molecular weight is 334 g/mol. The van der Waals surface area contributed by atoms with Crippen LogP contribution < -0.4 is 5.32 Å². The van der Waals surface area contributed by atoms with Crippen molar-refractivity contribution in [3.05, 3.63) is 58.6 Å². The zero-order chi connectivity index (χ0) is 17.0. The van der Waals surface area contributed by atoms with Crippen LogP contribution in [0.15, 0.2) is 36.7 Å². The molecular weight excluding hydrogens is 318 g/mol. The Balaban J connectivity index is 2.06. The van der Waals surface area contributed by atoms with E-state index in [1.54, 1.807) is 6.07 Å². The Morgan fingerprint density at radius 3 is 2.35 bits per heavy atom. The van der Waals surface area contributed by atoms with E-state index in [9.17, 15) is 9.59 Å². The maximum Gasteiger partial charge on any atom is 0.356 e. The summed E-state index contributed by atoms with van der Waals surface area (Å²) in [6.45, 7) is 4.28. The highest BCUT2D eigenvalue weighted by Gasteiger charge is 2.24. The maximum absolute atomic E-state index is 12.1. The molecule has 0 aliphatic carbocycles. The molecule has 0 saturated heterocycles. The van der Waals surface area contributed by atoms with Crippen molar-refractivity contribution in [1.29, 1.82) is 0 Å². The monoisotopic (exact) mass is 333 g/mol. The first-order valence-corrected chi connectivity index (χ1v) is 7.27. The second-order valence-corrected chi connectivity index (χ2v) is 6.05. The molecule has 0 bridgehead atoms. The molecule has 1 aromatic carbocycles. The molecule has 2 aromatic rings. The van der Waals surface area contributed by atoms with Gasteiger partial charge in [-0.05, 0) is 11.6 Å². The van der Waals surface area contributed by atoms with E-state index in [2.05, 4.69) is 15.3 Å². The smallest absolute Gasteiger partial charge is 0.356 e. The predicted octanol–water partition coefficient (Wildman–Crippen LogP) is 2.54. The first-order valence-electron chi connectivity index (χ1n) is 6.90. The number of carboxylic acid groups (broad SMARTS) is 1. The van der Waals surface area contributed by atoms with Crippen LogP contribution in [0.1, 0.15) is 40.4 Å². The SMILES string of the molecule is CC(C)(CNC(=O)c1cnc(C(=O)O)cn1)c1ccccc1Cl. The van der Waals surface area contributed by atoms with E-state index in [0.717, 1.165) is 18.0 Å². The van der Waals surface area contributed by atoms with Crippen LogP contribution in [0, 0.1) is 0 Å². The van der Waals surface area contributed by atoms with Crippen molar-refractivity contribution in [1.82, 2.24) is 15.3 Å². The number of hydrogen-bond donors (Lipinski definition) is 2. The Bertz CT molecular complexity index is 730. The number of carboxylic acids is 1. The summed E-state index contributed by atoms with van der Waals surface area (Å²) in [5.74, 6) is -1.61. The summed E-state index contributed by atoms with van der Waals surface area (Å²) in [5.41, 5.74) is 0.403. The van der Waals surface area contributed by atoms with Gasteiger partial charge in [-0.15, -0.1) is 0 Å². The molecule has 0 aliphatic rings. The molecule has 120 valence electrons. The van der Waals surface area contributed by atoms with Gasteiger partial charge in [-0.1, -0.05) is 43.6 Å². The van der Waals surface area contributed by atoms with Gasteiger partial charge in [0.1, 0.15) is 5.69 Å². The van der Waals surface area contributed by atoms with Crippen molar-refractivity contribution >= 4 is 23.5 Å². The van der Waals surface area contributed by atoms with Crippen LogP contribution in [0.25, 0.3) is 0 Å². The molecule has 0 spiro atoms. The molecule has 1 amide bonds. The third-order valence-electron chi connectivity index (χ3n) is 3.40. The lowest BCUT2D eigenvalue weighted by Gasteiger charge is -2.26. The number of rotatable bonds is 5. The normalized spacial score (nSPS) is 11.1. The summed E-state index contributed by atoms with van der Waals surface area (Å²) < 4.78 is 0. The van der Waals surface area contributed by atoms with Crippen molar-refractivity contribution in [2.24, 2.45) is 0 Å². The minimum absolute atomic E-state index is 0.0601. The second-order valence-electron chi connectivity index (χ2n) is 5.64. The Morgan fingerprint density at radius 1 is 1.17 bits per heavy atom. The zero-order valence-corrected chi connectivity index (χ0v) is 13.5. The molecule has 2 rings (SSSR count). The van der Waals surface area contributed by atoms with Crippen LogP contribution in [0.4, 0.5) is 0 Å². The molecule has 23 heavy (non-hydrogen) atoms. The number of carbonyl (C=O) groups is 2. The zero-order valence-electron chi connectivity index (χ0n) is 12.7. The summed E-state index contributed by atoms with van der Waals surface area (Å²) in [6.07, 6.45) is 2.19. The lowest BCUT2D eigenvalue weighted by atomic mass is 9.84. The van der Waals surface area contributed by atoms with Gasteiger partial charge in [0, 0.05) is 17.0 Å². The highest BCUT2D eigenvalue weighted by molar-refractivity contribution is 6.31. The third-order valence-corrected chi connectivity index (χ3v) is 3.73.